The van der Waals surface area contributed by atoms with Crippen molar-refractivity contribution in [1.82, 2.24) is 9.29 Å². The van der Waals surface area contributed by atoms with Crippen LogP contribution in [0.3, 0.4) is 0 Å². The third-order valence-corrected chi connectivity index (χ3v) is 6.35. The molecule has 2 N–H and O–H groups in total. The van der Waals surface area contributed by atoms with Crippen molar-refractivity contribution in [2.75, 3.05) is 6.54 Å². The van der Waals surface area contributed by atoms with Gasteiger partial charge < -0.3 is 9.52 Å². The molecule has 0 spiro atoms. The maximum Gasteiger partial charge on any atom is 0.419 e. The summed E-state index contributed by atoms with van der Waals surface area (Å²) < 4.78 is 34.1. The number of aliphatic hydroxyl groups is 1. The van der Waals surface area contributed by atoms with Gasteiger partial charge >= 0.3 is 5.76 Å². The Kier molecular flexibility index (Phi) is 3.80. The average Bonchev–Trinajstić information content (AvgIpc) is 3.12. The lowest BCUT2D eigenvalue weighted by Crippen LogP contribution is -2.39. The predicted molar refractivity (Wildman–Crippen MR) is 95.3 cm³/mol. The maximum absolute atomic E-state index is 12.7. The Morgan fingerprint density at radius 2 is 2.04 bits per heavy atom. The van der Waals surface area contributed by atoms with Crippen LogP contribution < -0.4 is 10.5 Å². The Morgan fingerprint density at radius 1 is 1.27 bits per heavy atom. The molecule has 0 fully saturated rings. The highest BCUT2D eigenvalue weighted by molar-refractivity contribution is 7.89. The number of oxazole rings is 1. The monoisotopic (exact) mass is 374 g/mol. The molecule has 1 unspecified atom stereocenters. The third kappa shape index (κ3) is 2.66. The van der Waals surface area contributed by atoms with Crippen molar-refractivity contribution >= 4 is 21.1 Å². The molecular weight excluding hydrogens is 356 g/mol. The summed E-state index contributed by atoms with van der Waals surface area (Å²) in [6, 6.07) is 11.7. The van der Waals surface area contributed by atoms with E-state index in [1.807, 2.05) is 24.3 Å². The largest absolute Gasteiger partial charge is 0.419 e. The minimum Gasteiger partial charge on any atom is -0.408 e. The molecule has 0 saturated carbocycles. The normalized spacial score (nSPS) is 19.8. The van der Waals surface area contributed by atoms with Gasteiger partial charge in [-0.2, -0.15) is 0 Å². The average molecular weight is 374 g/mol. The number of sulfonamides is 1. The first kappa shape index (κ1) is 17.0. The van der Waals surface area contributed by atoms with Crippen molar-refractivity contribution < 1.29 is 17.9 Å². The van der Waals surface area contributed by atoms with Crippen LogP contribution in [0.2, 0.25) is 0 Å². The van der Waals surface area contributed by atoms with Crippen molar-refractivity contribution in [3.8, 4) is 0 Å². The number of nitrogens with one attached hydrogen (secondary N) is 1. The number of aromatic nitrogens is 1. The van der Waals surface area contributed by atoms with E-state index in [0.717, 1.165) is 11.1 Å². The van der Waals surface area contributed by atoms with E-state index < -0.39 is 21.4 Å². The summed E-state index contributed by atoms with van der Waals surface area (Å²) in [6.45, 7) is -0.116. The molecule has 0 saturated heterocycles. The predicted octanol–water partition coefficient (Wildman–Crippen LogP) is 1.24. The van der Waals surface area contributed by atoms with E-state index >= 15 is 0 Å². The van der Waals surface area contributed by atoms with Crippen LogP contribution in [0.1, 0.15) is 17.5 Å². The van der Waals surface area contributed by atoms with E-state index in [-0.39, 0.29) is 11.4 Å². The van der Waals surface area contributed by atoms with Gasteiger partial charge in [-0.3, -0.25) is 4.57 Å². The number of hydrogen-bond acceptors (Lipinski definition) is 5. The minimum absolute atomic E-state index is 0.0104. The van der Waals surface area contributed by atoms with E-state index in [0.29, 0.717) is 23.9 Å². The van der Waals surface area contributed by atoms with Crippen molar-refractivity contribution in [1.29, 1.82) is 0 Å². The van der Waals surface area contributed by atoms with Crippen LogP contribution in [0.4, 0.5) is 0 Å². The van der Waals surface area contributed by atoms with Gasteiger partial charge in [-0.1, -0.05) is 24.3 Å². The van der Waals surface area contributed by atoms with Crippen LogP contribution >= 0.6 is 0 Å². The maximum atomic E-state index is 12.7. The van der Waals surface area contributed by atoms with Crippen LogP contribution in [0.25, 0.3) is 11.1 Å². The molecule has 136 valence electrons. The molecule has 1 atom stereocenters. The number of rotatable bonds is 4. The van der Waals surface area contributed by atoms with E-state index in [1.165, 1.54) is 29.8 Å². The molecule has 1 aliphatic rings. The van der Waals surface area contributed by atoms with Gasteiger partial charge in [0.05, 0.1) is 10.4 Å². The van der Waals surface area contributed by atoms with E-state index in [9.17, 15) is 18.3 Å². The SMILES string of the molecule is Cn1c(=O)oc2ccc(S(=O)(=O)NCC3(O)CCc4ccccc43)cc21. The van der Waals surface area contributed by atoms with Gasteiger partial charge in [-0.15, -0.1) is 0 Å². The van der Waals surface area contributed by atoms with Gasteiger partial charge in [0.15, 0.2) is 5.58 Å². The van der Waals surface area contributed by atoms with Crippen molar-refractivity contribution in [2.24, 2.45) is 7.05 Å². The zero-order valence-corrected chi connectivity index (χ0v) is 14.9. The molecule has 3 aromatic rings. The molecule has 1 aromatic heterocycles. The second-order valence-electron chi connectivity index (χ2n) is 6.57. The van der Waals surface area contributed by atoms with Crippen molar-refractivity contribution in [2.45, 2.75) is 23.3 Å². The lowest BCUT2D eigenvalue weighted by Gasteiger charge is -2.24. The Labute approximate surface area is 149 Å². The Balaban J connectivity index is 1.62. The van der Waals surface area contributed by atoms with Gasteiger partial charge in [0, 0.05) is 13.6 Å². The van der Waals surface area contributed by atoms with Gasteiger partial charge in [0.25, 0.3) is 0 Å². The second kappa shape index (κ2) is 5.80. The Hall–Kier alpha value is -2.42. The summed E-state index contributed by atoms with van der Waals surface area (Å²) in [5.41, 5.74) is 1.28. The molecule has 0 aliphatic heterocycles. The highest BCUT2D eigenvalue weighted by Crippen LogP contribution is 2.36. The number of hydrogen-bond donors (Lipinski definition) is 2. The van der Waals surface area contributed by atoms with E-state index in [1.54, 1.807) is 0 Å². The zero-order valence-electron chi connectivity index (χ0n) is 14.1. The summed E-state index contributed by atoms with van der Waals surface area (Å²) in [5, 5.41) is 10.9. The summed E-state index contributed by atoms with van der Waals surface area (Å²) in [6.07, 6.45) is 1.17. The number of benzene rings is 2. The standard InChI is InChI=1S/C18H18N2O5S/c1-20-15-10-13(6-7-16(15)25-17(20)21)26(23,24)19-11-18(22)9-8-12-4-2-3-5-14(12)18/h2-7,10,19,22H,8-9,11H2,1H3. The fourth-order valence-electron chi connectivity index (χ4n) is 3.42. The highest BCUT2D eigenvalue weighted by atomic mass is 32.2. The molecule has 0 bridgehead atoms. The quantitative estimate of drug-likeness (QED) is 0.716. The summed E-state index contributed by atoms with van der Waals surface area (Å²) in [7, 11) is -2.34. The van der Waals surface area contributed by atoms with Gasteiger partial charge in [0.2, 0.25) is 10.0 Å². The van der Waals surface area contributed by atoms with Crippen molar-refractivity contribution in [3.63, 3.8) is 0 Å². The smallest absolute Gasteiger partial charge is 0.408 e. The number of nitrogens with zero attached hydrogens (tertiary/aromatic N) is 1. The molecule has 1 aliphatic carbocycles. The fourth-order valence-corrected chi connectivity index (χ4v) is 4.53. The van der Waals surface area contributed by atoms with Crippen LogP contribution in [-0.4, -0.2) is 24.6 Å². The zero-order chi connectivity index (χ0) is 18.5. The minimum atomic E-state index is -3.85. The summed E-state index contributed by atoms with van der Waals surface area (Å²) in [5.74, 6) is -0.556. The Morgan fingerprint density at radius 3 is 2.85 bits per heavy atom. The summed E-state index contributed by atoms with van der Waals surface area (Å²) >= 11 is 0. The van der Waals surface area contributed by atoms with Crippen LogP contribution in [-0.2, 0) is 29.1 Å². The van der Waals surface area contributed by atoms with Crippen LogP contribution in [0.5, 0.6) is 0 Å². The van der Waals surface area contributed by atoms with Gasteiger partial charge in [-0.25, -0.2) is 17.9 Å². The van der Waals surface area contributed by atoms with Gasteiger partial charge in [0.1, 0.15) is 5.60 Å². The van der Waals surface area contributed by atoms with Crippen LogP contribution in [0, 0.1) is 0 Å². The number of aryl methyl sites for hydroxylation is 2. The molecule has 8 heteroatoms. The first-order valence-corrected chi connectivity index (χ1v) is 9.68. The van der Waals surface area contributed by atoms with Crippen molar-refractivity contribution in [3.05, 3.63) is 64.1 Å². The Bertz CT molecular complexity index is 1160. The molecular formula is C18H18N2O5S. The first-order valence-electron chi connectivity index (χ1n) is 8.20. The molecule has 7 nitrogen and oxygen atoms in total. The molecule has 0 radical (unpaired) electrons. The molecule has 4 rings (SSSR count). The number of fused-ring (bicyclic) bond motifs is 2. The topological polar surface area (TPSA) is 102 Å². The van der Waals surface area contributed by atoms with Gasteiger partial charge in [-0.05, 0) is 42.2 Å². The lowest BCUT2D eigenvalue weighted by molar-refractivity contribution is 0.0442. The molecule has 2 aromatic carbocycles. The lowest BCUT2D eigenvalue weighted by atomic mass is 9.96. The molecule has 26 heavy (non-hydrogen) atoms. The van der Waals surface area contributed by atoms with Crippen LogP contribution in [0.15, 0.2) is 56.6 Å². The van der Waals surface area contributed by atoms with E-state index in [2.05, 4.69) is 4.72 Å². The third-order valence-electron chi connectivity index (χ3n) is 4.95. The molecule has 1 heterocycles. The highest BCUT2D eigenvalue weighted by Gasteiger charge is 2.37. The summed E-state index contributed by atoms with van der Waals surface area (Å²) in [4.78, 5) is 11.6. The fraction of sp³-hybridized carbons (Fsp3) is 0.278. The molecule has 0 amide bonds. The second-order valence-corrected chi connectivity index (χ2v) is 8.34. The van der Waals surface area contributed by atoms with E-state index in [4.69, 9.17) is 4.42 Å². The first-order chi connectivity index (χ1) is 12.3.